The van der Waals surface area contributed by atoms with Crippen LogP contribution in [-0.2, 0) is 17.8 Å². The number of nitrogens with zero attached hydrogens (tertiary/aromatic N) is 2. The van der Waals surface area contributed by atoms with Gasteiger partial charge in [-0.15, -0.1) is 10.2 Å². The lowest BCUT2D eigenvalue weighted by atomic mass is 10.0. The summed E-state index contributed by atoms with van der Waals surface area (Å²) < 4.78 is 6.00. The molecule has 6 nitrogen and oxygen atoms in total. The highest BCUT2D eigenvalue weighted by atomic mass is 16.4. The number of carbonyl (C=O) groups is 1. The predicted molar refractivity (Wildman–Crippen MR) is 122 cm³/mol. The highest BCUT2D eigenvalue weighted by Crippen LogP contribution is 2.27. The predicted octanol–water partition coefficient (Wildman–Crippen LogP) is 5.20. The lowest BCUT2D eigenvalue weighted by molar-refractivity contribution is -0.136. The van der Waals surface area contributed by atoms with Crippen molar-refractivity contribution in [2.75, 3.05) is 6.54 Å². The first-order valence-electron chi connectivity index (χ1n) is 10.7. The Bertz CT molecular complexity index is 1030. The SMILES string of the molecule is CCC/C(=C\c1nnc(-c2ccc(CNCCC(=O)O)cc2CC)o1)c1ccccc1. The number of aromatic nitrogens is 2. The molecule has 1 heterocycles. The van der Waals surface area contributed by atoms with Gasteiger partial charge in [-0.05, 0) is 41.2 Å². The van der Waals surface area contributed by atoms with Crippen molar-refractivity contribution >= 4 is 17.6 Å². The molecular formula is C25H29N3O3. The van der Waals surface area contributed by atoms with E-state index in [0.29, 0.717) is 24.9 Å². The van der Waals surface area contributed by atoms with Gasteiger partial charge < -0.3 is 14.8 Å². The fourth-order valence-corrected chi connectivity index (χ4v) is 3.46. The van der Waals surface area contributed by atoms with E-state index in [1.54, 1.807) is 0 Å². The van der Waals surface area contributed by atoms with Gasteiger partial charge in [-0.3, -0.25) is 4.79 Å². The second-order valence-corrected chi connectivity index (χ2v) is 7.40. The first-order chi connectivity index (χ1) is 15.1. The lowest BCUT2D eigenvalue weighted by Crippen LogP contribution is -2.17. The van der Waals surface area contributed by atoms with E-state index in [0.717, 1.165) is 41.5 Å². The zero-order valence-electron chi connectivity index (χ0n) is 18.1. The van der Waals surface area contributed by atoms with Crippen molar-refractivity contribution in [3.8, 4) is 11.5 Å². The molecule has 162 valence electrons. The highest BCUT2D eigenvalue weighted by Gasteiger charge is 2.13. The Kier molecular flexibility index (Phi) is 8.12. The average Bonchev–Trinajstić information content (AvgIpc) is 3.25. The standard InChI is InChI=1S/C25H29N3O3/c1-3-8-21(20-9-6-5-7-10-20)16-23-27-28-25(31-23)22-12-11-18(15-19(22)4-2)17-26-14-13-24(29)30/h5-7,9-12,15-16,26H,3-4,8,13-14,17H2,1-2H3,(H,29,30)/b21-16+. The Labute approximate surface area is 183 Å². The molecule has 0 radical (unpaired) electrons. The third-order valence-electron chi connectivity index (χ3n) is 5.03. The van der Waals surface area contributed by atoms with Crippen LogP contribution in [0.2, 0.25) is 0 Å². The number of nitrogens with one attached hydrogen (secondary N) is 1. The van der Waals surface area contributed by atoms with Crippen LogP contribution >= 0.6 is 0 Å². The summed E-state index contributed by atoms with van der Waals surface area (Å²) in [7, 11) is 0. The van der Waals surface area contributed by atoms with Crippen LogP contribution in [0.4, 0.5) is 0 Å². The minimum Gasteiger partial charge on any atom is -0.481 e. The number of carboxylic acids is 1. The summed E-state index contributed by atoms with van der Waals surface area (Å²) in [5.41, 5.74) is 5.49. The Morgan fingerprint density at radius 2 is 1.90 bits per heavy atom. The molecule has 3 aromatic rings. The van der Waals surface area contributed by atoms with Crippen LogP contribution in [0.5, 0.6) is 0 Å². The van der Waals surface area contributed by atoms with Crippen molar-refractivity contribution in [1.82, 2.24) is 15.5 Å². The number of hydrogen-bond donors (Lipinski definition) is 2. The summed E-state index contributed by atoms with van der Waals surface area (Å²) in [5.74, 6) is 0.217. The van der Waals surface area contributed by atoms with Gasteiger partial charge in [-0.25, -0.2) is 0 Å². The zero-order chi connectivity index (χ0) is 22.1. The molecule has 0 bridgehead atoms. The number of aliphatic carboxylic acids is 1. The Morgan fingerprint density at radius 1 is 1.10 bits per heavy atom. The van der Waals surface area contributed by atoms with E-state index in [4.69, 9.17) is 9.52 Å². The van der Waals surface area contributed by atoms with Crippen LogP contribution in [-0.4, -0.2) is 27.8 Å². The van der Waals surface area contributed by atoms with E-state index in [-0.39, 0.29) is 6.42 Å². The molecule has 3 rings (SSSR count). The van der Waals surface area contributed by atoms with E-state index in [1.165, 1.54) is 5.57 Å². The maximum atomic E-state index is 10.6. The summed E-state index contributed by atoms with van der Waals surface area (Å²) in [4.78, 5) is 10.6. The van der Waals surface area contributed by atoms with Crippen molar-refractivity contribution in [3.05, 3.63) is 71.1 Å². The van der Waals surface area contributed by atoms with Crippen molar-refractivity contribution in [2.24, 2.45) is 0 Å². The van der Waals surface area contributed by atoms with Gasteiger partial charge in [0.15, 0.2) is 0 Å². The maximum Gasteiger partial charge on any atom is 0.304 e. The normalized spacial score (nSPS) is 11.6. The first-order valence-corrected chi connectivity index (χ1v) is 10.7. The van der Waals surface area contributed by atoms with E-state index >= 15 is 0 Å². The zero-order valence-corrected chi connectivity index (χ0v) is 18.1. The Hall–Kier alpha value is -3.25. The third-order valence-corrected chi connectivity index (χ3v) is 5.03. The largest absolute Gasteiger partial charge is 0.481 e. The average molecular weight is 420 g/mol. The second kappa shape index (κ2) is 11.2. The van der Waals surface area contributed by atoms with Gasteiger partial charge in [0, 0.05) is 24.7 Å². The first kappa shape index (κ1) is 22.4. The summed E-state index contributed by atoms with van der Waals surface area (Å²) in [6.07, 6.45) is 4.88. The van der Waals surface area contributed by atoms with Gasteiger partial charge in [0.05, 0.1) is 6.42 Å². The smallest absolute Gasteiger partial charge is 0.304 e. The van der Waals surface area contributed by atoms with Crippen LogP contribution in [0.25, 0.3) is 23.1 Å². The number of hydrogen-bond acceptors (Lipinski definition) is 5. The van der Waals surface area contributed by atoms with Gasteiger partial charge in [-0.2, -0.15) is 0 Å². The summed E-state index contributed by atoms with van der Waals surface area (Å²) in [6.45, 7) is 5.31. The van der Waals surface area contributed by atoms with E-state index in [1.807, 2.05) is 36.4 Å². The topological polar surface area (TPSA) is 88.2 Å². The fourth-order valence-electron chi connectivity index (χ4n) is 3.46. The van der Waals surface area contributed by atoms with Crippen LogP contribution in [0, 0.1) is 0 Å². The van der Waals surface area contributed by atoms with E-state index < -0.39 is 5.97 Å². The Balaban J connectivity index is 1.78. The minimum absolute atomic E-state index is 0.111. The molecule has 0 saturated heterocycles. The molecule has 0 amide bonds. The molecule has 6 heteroatoms. The summed E-state index contributed by atoms with van der Waals surface area (Å²) >= 11 is 0. The lowest BCUT2D eigenvalue weighted by Gasteiger charge is -2.09. The minimum atomic E-state index is -0.798. The summed E-state index contributed by atoms with van der Waals surface area (Å²) in [6, 6.07) is 16.4. The van der Waals surface area contributed by atoms with Crippen LogP contribution in [0.3, 0.4) is 0 Å². The fraction of sp³-hybridized carbons (Fsp3) is 0.320. The summed E-state index contributed by atoms with van der Waals surface area (Å²) in [5, 5.41) is 20.4. The molecule has 0 saturated carbocycles. The van der Waals surface area contributed by atoms with Crippen LogP contribution < -0.4 is 5.32 Å². The molecular weight excluding hydrogens is 390 g/mol. The van der Waals surface area contributed by atoms with E-state index in [2.05, 4.69) is 47.6 Å². The molecule has 0 fully saturated rings. The van der Waals surface area contributed by atoms with Crippen molar-refractivity contribution in [3.63, 3.8) is 0 Å². The van der Waals surface area contributed by atoms with Gasteiger partial charge >= 0.3 is 5.97 Å². The van der Waals surface area contributed by atoms with E-state index in [9.17, 15) is 4.79 Å². The molecule has 0 aliphatic heterocycles. The number of benzene rings is 2. The van der Waals surface area contributed by atoms with Crippen LogP contribution in [0.1, 0.15) is 55.7 Å². The van der Waals surface area contributed by atoms with Gasteiger partial charge in [0.25, 0.3) is 0 Å². The molecule has 0 unspecified atom stereocenters. The number of aryl methyl sites for hydroxylation is 1. The maximum absolute atomic E-state index is 10.6. The van der Waals surface area contributed by atoms with Gasteiger partial charge in [0.1, 0.15) is 0 Å². The molecule has 0 aliphatic rings. The van der Waals surface area contributed by atoms with Crippen LogP contribution in [0.15, 0.2) is 52.9 Å². The Morgan fingerprint density at radius 3 is 2.61 bits per heavy atom. The van der Waals surface area contributed by atoms with Crippen molar-refractivity contribution in [2.45, 2.75) is 46.1 Å². The van der Waals surface area contributed by atoms with Gasteiger partial charge in [0.2, 0.25) is 11.8 Å². The monoisotopic (exact) mass is 419 g/mol. The number of rotatable bonds is 11. The molecule has 31 heavy (non-hydrogen) atoms. The number of allylic oxidation sites excluding steroid dienone is 1. The highest BCUT2D eigenvalue weighted by molar-refractivity contribution is 5.79. The molecule has 1 aromatic heterocycles. The molecule has 2 aromatic carbocycles. The molecule has 0 aliphatic carbocycles. The quantitative estimate of drug-likeness (QED) is 0.415. The number of carboxylic acid groups (broad SMARTS) is 1. The van der Waals surface area contributed by atoms with Gasteiger partial charge in [-0.1, -0.05) is 62.7 Å². The van der Waals surface area contributed by atoms with Crippen molar-refractivity contribution < 1.29 is 14.3 Å². The second-order valence-electron chi connectivity index (χ2n) is 7.40. The molecule has 0 atom stereocenters. The molecule has 0 spiro atoms. The van der Waals surface area contributed by atoms with Crippen molar-refractivity contribution in [1.29, 1.82) is 0 Å². The molecule has 2 N–H and O–H groups in total. The third kappa shape index (κ3) is 6.36.